The number of nitro groups is 1. The Balaban J connectivity index is 1.37. The zero-order valence-corrected chi connectivity index (χ0v) is 20.0. The molecule has 4 rings (SSSR count). The third-order valence-electron chi connectivity index (χ3n) is 7.30. The molecule has 0 radical (unpaired) electrons. The number of ether oxygens (including phenoxy) is 1. The number of non-ortho nitro benzene ring substituents is 1. The zero-order chi connectivity index (χ0) is 24.0. The summed E-state index contributed by atoms with van der Waals surface area (Å²) < 4.78 is 5.93. The van der Waals surface area contributed by atoms with Crippen LogP contribution in [0.15, 0.2) is 48.5 Å². The second-order valence-electron chi connectivity index (χ2n) is 9.82. The van der Waals surface area contributed by atoms with Gasteiger partial charge >= 0.3 is 0 Å². The van der Waals surface area contributed by atoms with Crippen LogP contribution in [0.3, 0.4) is 0 Å². The molecule has 2 aliphatic rings. The maximum Gasteiger partial charge on any atom is 0.269 e. The van der Waals surface area contributed by atoms with Gasteiger partial charge in [0.25, 0.3) is 5.69 Å². The van der Waals surface area contributed by atoms with E-state index in [0.717, 1.165) is 74.7 Å². The molecule has 2 fully saturated rings. The van der Waals surface area contributed by atoms with Crippen molar-refractivity contribution in [3.8, 4) is 5.75 Å². The zero-order valence-electron chi connectivity index (χ0n) is 20.0. The van der Waals surface area contributed by atoms with Crippen LogP contribution in [-0.4, -0.2) is 42.0 Å². The summed E-state index contributed by atoms with van der Waals surface area (Å²) in [4.78, 5) is 26.6. The van der Waals surface area contributed by atoms with E-state index in [4.69, 9.17) is 4.74 Å². The first-order chi connectivity index (χ1) is 16.5. The SMILES string of the molecule is C[C@@H]1CCCN(CCOc2ccc(NC(=O)C3(c4ccc([N+](=O)[O-])cc4)CCCCC3)cc2)C1. The molecule has 0 bridgehead atoms. The van der Waals surface area contributed by atoms with Gasteiger partial charge in [0.2, 0.25) is 5.91 Å². The van der Waals surface area contributed by atoms with E-state index in [9.17, 15) is 14.9 Å². The highest BCUT2D eigenvalue weighted by Gasteiger charge is 2.41. The quantitative estimate of drug-likeness (QED) is 0.408. The lowest BCUT2D eigenvalue weighted by atomic mass is 9.68. The summed E-state index contributed by atoms with van der Waals surface area (Å²) in [6, 6.07) is 14.0. The van der Waals surface area contributed by atoms with Gasteiger partial charge in [-0.1, -0.05) is 38.3 Å². The maximum absolute atomic E-state index is 13.5. The van der Waals surface area contributed by atoms with Crippen LogP contribution >= 0.6 is 0 Å². The van der Waals surface area contributed by atoms with Crippen molar-refractivity contribution < 1.29 is 14.5 Å². The Bertz CT molecular complexity index is 968. The number of hydrogen-bond donors (Lipinski definition) is 1. The van der Waals surface area contributed by atoms with E-state index in [1.807, 2.05) is 24.3 Å². The topological polar surface area (TPSA) is 84.7 Å². The second-order valence-corrected chi connectivity index (χ2v) is 9.82. The molecule has 2 aromatic carbocycles. The number of carbonyl (C=O) groups excluding carboxylic acids is 1. The minimum absolute atomic E-state index is 0.0421. The number of carbonyl (C=O) groups is 1. The number of amides is 1. The second kappa shape index (κ2) is 11.0. The van der Waals surface area contributed by atoms with Crippen LogP contribution in [0.5, 0.6) is 5.75 Å². The van der Waals surface area contributed by atoms with Gasteiger partial charge < -0.3 is 10.1 Å². The third-order valence-corrected chi connectivity index (χ3v) is 7.30. The van der Waals surface area contributed by atoms with Crippen LogP contribution in [0.25, 0.3) is 0 Å². The number of nitro benzene ring substituents is 1. The lowest BCUT2D eigenvalue weighted by molar-refractivity contribution is -0.384. The fourth-order valence-corrected chi connectivity index (χ4v) is 5.37. The van der Waals surface area contributed by atoms with E-state index in [2.05, 4.69) is 17.1 Å². The summed E-state index contributed by atoms with van der Waals surface area (Å²) in [6.45, 7) is 6.18. The van der Waals surface area contributed by atoms with Gasteiger partial charge in [0.15, 0.2) is 0 Å². The number of piperidine rings is 1. The van der Waals surface area contributed by atoms with E-state index in [1.165, 1.54) is 25.0 Å². The Labute approximate surface area is 201 Å². The van der Waals surface area contributed by atoms with Crippen molar-refractivity contribution in [1.82, 2.24) is 4.90 Å². The molecule has 1 N–H and O–H groups in total. The van der Waals surface area contributed by atoms with E-state index in [1.54, 1.807) is 12.1 Å². The van der Waals surface area contributed by atoms with E-state index < -0.39 is 10.3 Å². The summed E-state index contributed by atoms with van der Waals surface area (Å²) >= 11 is 0. The predicted octanol–water partition coefficient (Wildman–Crippen LogP) is 5.55. The molecule has 34 heavy (non-hydrogen) atoms. The van der Waals surface area contributed by atoms with Crippen molar-refractivity contribution in [2.75, 3.05) is 31.6 Å². The molecule has 1 atom stereocenters. The average Bonchev–Trinajstić information content (AvgIpc) is 2.85. The van der Waals surface area contributed by atoms with Crippen molar-refractivity contribution in [3.05, 3.63) is 64.2 Å². The van der Waals surface area contributed by atoms with Crippen molar-refractivity contribution in [3.63, 3.8) is 0 Å². The molecule has 1 aliphatic heterocycles. The van der Waals surface area contributed by atoms with Crippen molar-refractivity contribution in [1.29, 1.82) is 0 Å². The highest BCUT2D eigenvalue weighted by Crippen LogP contribution is 2.41. The maximum atomic E-state index is 13.5. The number of rotatable bonds is 8. The largest absolute Gasteiger partial charge is 0.492 e. The van der Waals surface area contributed by atoms with Crippen LogP contribution in [0.1, 0.15) is 57.4 Å². The number of benzene rings is 2. The number of anilines is 1. The first kappa shape index (κ1) is 24.2. The van der Waals surface area contributed by atoms with Crippen molar-refractivity contribution in [2.45, 2.75) is 57.3 Å². The number of likely N-dealkylation sites (tertiary alicyclic amines) is 1. The lowest BCUT2D eigenvalue weighted by Crippen LogP contribution is -2.42. The van der Waals surface area contributed by atoms with Crippen LogP contribution < -0.4 is 10.1 Å². The van der Waals surface area contributed by atoms with E-state index in [-0.39, 0.29) is 11.6 Å². The van der Waals surface area contributed by atoms with Gasteiger partial charge in [-0.25, -0.2) is 0 Å². The summed E-state index contributed by atoms with van der Waals surface area (Å²) in [5, 5.41) is 14.1. The fourth-order valence-electron chi connectivity index (χ4n) is 5.37. The normalized spacial score (nSPS) is 20.4. The third kappa shape index (κ3) is 5.76. The highest BCUT2D eigenvalue weighted by atomic mass is 16.6. The summed E-state index contributed by atoms with van der Waals surface area (Å²) in [5.41, 5.74) is 0.963. The summed E-state index contributed by atoms with van der Waals surface area (Å²) in [5.74, 6) is 1.51. The minimum atomic E-state index is -0.659. The lowest BCUT2D eigenvalue weighted by Gasteiger charge is -2.36. The van der Waals surface area contributed by atoms with Gasteiger partial charge in [-0.15, -0.1) is 0 Å². The van der Waals surface area contributed by atoms with Crippen LogP contribution in [-0.2, 0) is 10.2 Å². The Kier molecular flexibility index (Phi) is 7.83. The molecule has 0 aromatic heterocycles. The molecule has 0 spiro atoms. The molecule has 0 unspecified atom stereocenters. The van der Waals surface area contributed by atoms with Crippen LogP contribution in [0.4, 0.5) is 11.4 Å². The van der Waals surface area contributed by atoms with Gasteiger partial charge in [-0.2, -0.15) is 0 Å². The molecule has 1 saturated heterocycles. The van der Waals surface area contributed by atoms with Gasteiger partial charge in [-0.3, -0.25) is 19.8 Å². The van der Waals surface area contributed by atoms with Crippen molar-refractivity contribution >= 4 is 17.3 Å². The minimum Gasteiger partial charge on any atom is -0.492 e. The molecule has 7 heteroatoms. The van der Waals surface area contributed by atoms with Gasteiger partial charge in [0, 0.05) is 30.9 Å². The standard InChI is InChI=1S/C27H35N3O4/c1-21-6-5-17-29(20-21)18-19-34-25-13-9-23(10-14-25)28-26(31)27(15-3-2-4-16-27)22-7-11-24(12-8-22)30(32)33/h7-14,21H,2-6,15-20H2,1H3,(H,28,31)/t21-/m1/s1. The van der Waals surface area contributed by atoms with Gasteiger partial charge in [0.05, 0.1) is 10.3 Å². The van der Waals surface area contributed by atoms with Crippen LogP contribution in [0, 0.1) is 16.0 Å². The summed E-state index contributed by atoms with van der Waals surface area (Å²) in [7, 11) is 0. The number of hydrogen-bond acceptors (Lipinski definition) is 5. The molecule has 7 nitrogen and oxygen atoms in total. The molecule has 1 saturated carbocycles. The average molecular weight is 466 g/mol. The molecule has 1 heterocycles. The predicted molar refractivity (Wildman–Crippen MR) is 133 cm³/mol. The molecule has 182 valence electrons. The molecular weight excluding hydrogens is 430 g/mol. The monoisotopic (exact) mass is 465 g/mol. The smallest absolute Gasteiger partial charge is 0.269 e. The summed E-state index contributed by atoms with van der Waals surface area (Å²) in [6.07, 6.45) is 7.09. The number of nitrogens with one attached hydrogen (secondary N) is 1. The Morgan fingerprint density at radius 3 is 2.44 bits per heavy atom. The number of nitrogens with zero attached hydrogens (tertiary/aromatic N) is 2. The van der Waals surface area contributed by atoms with Gasteiger partial charge in [-0.05, 0) is 68.0 Å². The Hall–Kier alpha value is -2.93. The Morgan fingerprint density at radius 1 is 1.09 bits per heavy atom. The van der Waals surface area contributed by atoms with Crippen molar-refractivity contribution in [2.24, 2.45) is 5.92 Å². The van der Waals surface area contributed by atoms with Gasteiger partial charge in [0.1, 0.15) is 12.4 Å². The Morgan fingerprint density at radius 2 is 1.79 bits per heavy atom. The fraction of sp³-hybridized carbons (Fsp3) is 0.519. The van der Waals surface area contributed by atoms with Crippen LogP contribution in [0.2, 0.25) is 0 Å². The van der Waals surface area contributed by atoms with E-state index >= 15 is 0 Å². The molecule has 2 aromatic rings. The first-order valence-electron chi connectivity index (χ1n) is 12.5. The van der Waals surface area contributed by atoms with E-state index in [0.29, 0.717) is 6.61 Å². The molecular formula is C27H35N3O4. The molecule has 1 aliphatic carbocycles. The highest BCUT2D eigenvalue weighted by molar-refractivity contribution is 5.99. The first-order valence-corrected chi connectivity index (χ1v) is 12.5. The molecule has 1 amide bonds.